The maximum absolute atomic E-state index is 12.0. The van der Waals surface area contributed by atoms with Gasteiger partial charge in [0.15, 0.2) is 17.6 Å². The topological polar surface area (TPSA) is 60.5 Å². The molecule has 0 saturated carbocycles. The number of amides is 1. The number of aryl methyl sites for hydroxylation is 1. The van der Waals surface area contributed by atoms with Crippen molar-refractivity contribution >= 4 is 17.2 Å². The van der Waals surface area contributed by atoms with Gasteiger partial charge in [-0.2, -0.15) is 0 Å². The van der Waals surface area contributed by atoms with Crippen molar-refractivity contribution in [3.05, 3.63) is 40.3 Å². The Morgan fingerprint density at radius 1 is 1.36 bits per heavy atom. The number of nitrogens with one attached hydrogen (secondary N) is 1. The second kappa shape index (κ2) is 7.79. The quantitative estimate of drug-likeness (QED) is 0.852. The molecule has 0 fully saturated rings. The molecule has 0 aliphatic rings. The number of hydrogen-bond donors (Lipinski definition) is 1. The van der Waals surface area contributed by atoms with Gasteiger partial charge in [-0.3, -0.25) is 4.79 Å². The number of methoxy groups -OCH3 is 1. The van der Waals surface area contributed by atoms with Crippen LogP contribution >= 0.6 is 11.3 Å². The summed E-state index contributed by atoms with van der Waals surface area (Å²) in [5.41, 5.74) is 1.00. The Balaban J connectivity index is 1.81. The molecular formula is C16H20N2O3S. The fourth-order valence-corrected chi connectivity index (χ4v) is 2.59. The number of carbonyl (C=O) groups is 1. The summed E-state index contributed by atoms with van der Waals surface area (Å²) in [7, 11) is 1.57. The third kappa shape index (κ3) is 4.46. The molecule has 0 radical (unpaired) electrons. The van der Waals surface area contributed by atoms with Crippen molar-refractivity contribution in [3.8, 4) is 11.5 Å². The Hall–Kier alpha value is -2.08. The van der Waals surface area contributed by atoms with Crippen molar-refractivity contribution in [1.29, 1.82) is 0 Å². The van der Waals surface area contributed by atoms with Gasteiger partial charge in [0.2, 0.25) is 0 Å². The van der Waals surface area contributed by atoms with E-state index >= 15 is 0 Å². The van der Waals surface area contributed by atoms with Crippen LogP contribution in [0.2, 0.25) is 0 Å². The van der Waals surface area contributed by atoms with Gasteiger partial charge >= 0.3 is 0 Å². The van der Waals surface area contributed by atoms with Crippen LogP contribution < -0.4 is 14.8 Å². The maximum atomic E-state index is 12.0. The minimum Gasteiger partial charge on any atom is -0.493 e. The van der Waals surface area contributed by atoms with Gasteiger partial charge in [0, 0.05) is 18.3 Å². The van der Waals surface area contributed by atoms with Crippen LogP contribution in [0.3, 0.4) is 0 Å². The number of aromatic nitrogens is 1. The Labute approximate surface area is 134 Å². The van der Waals surface area contributed by atoms with Crippen LogP contribution in [-0.2, 0) is 11.2 Å². The summed E-state index contributed by atoms with van der Waals surface area (Å²) in [6.45, 7) is 4.23. The van der Waals surface area contributed by atoms with E-state index in [2.05, 4.69) is 10.3 Å². The molecule has 5 nitrogen and oxygen atoms in total. The number of carbonyl (C=O) groups excluding carboxylic acids is 1. The molecule has 118 valence electrons. The molecule has 1 N–H and O–H groups in total. The summed E-state index contributed by atoms with van der Waals surface area (Å²) in [5, 5.41) is 5.90. The summed E-state index contributed by atoms with van der Waals surface area (Å²) in [6, 6.07) is 7.27. The van der Waals surface area contributed by atoms with E-state index in [9.17, 15) is 4.79 Å². The third-order valence-corrected chi connectivity index (χ3v) is 3.91. The molecule has 0 saturated heterocycles. The third-order valence-electron chi connectivity index (χ3n) is 3.09. The van der Waals surface area contributed by atoms with Gasteiger partial charge in [0.25, 0.3) is 5.91 Å². The van der Waals surface area contributed by atoms with E-state index in [1.54, 1.807) is 37.5 Å². The maximum Gasteiger partial charge on any atom is 0.260 e. The smallest absolute Gasteiger partial charge is 0.260 e. The van der Waals surface area contributed by atoms with E-state index in [0.29, 0.717) is 18.0 Å². The van der Waals surface area contributed by atoms with E-state index in [1.165, 1.54) is 0 Å². The fourth-order valence-electron chi connectivity index (χ4n) is 1.94. The lowest BCUT2D eigenvalue weighted by molar-refractivity contribution is -0.127. The molecule has 0 aliphatic carbocycles. The molecular weight excluding hydrogens is 300 g/mol. The molecule has 1 heterocycles. The van der Waals surface area contributed by atoms with Gasteiger partial charge in [-0.05, 0) is 26.0 Å². The first-order valence-electron chi connectivity index (χ1n) is 7.08. The SMILES string of the molecule is COc1ccccc1O[C@H](C)C(=O)NCCc1csc(C)n1. The molecule has 0 bridgehead atoms. The van der Waals surface area contributed by atoms with Crippen molar-refractivity contribution in [2.24, 2.45) is 0 Å². The molecule has 6 heteroatoms. The molecule has 1 atom stereocenters. The van der Waals surface area contributed by atoms with E-state index in [4.69, 9.17) is 9.47 Å². The fraction of sp³-hybridized carbons (Fsp3) is 0.375. The predicted molar refractivity (Wildman–Crippen MR) is 86.6 cm³/mol. The minimum atomic E-state index is -0.589. The lowest BCUT2D eigenvalue weighted by Crippen LogP contribution is -2.37. The van der Waals surface area contributed by atoms with Crippen LogP contribution in [0, 0.1) is 6.92 Å². The van der Waals surface area contributed by atoms with Gasteiger partial charge in [0.05, 0.1) is 17.8 Å². The first-order chi connectivity index (χ1) is 10.6. The van der Waals surface area contributed by atoms with Crippen LogP contribution in [-0.4, -0.2) is 30.6 Å². The lowest BCUT2D eigenvalue weighted by Gasteiger charge is -2.16. The van der Waals surface area contributed by atoms with Gasteiger partial charge in [0.1, 0.15) is 0 Å². The highest BCUT2D eigenvalue weighted by Crippen LogP contribution is 2.26. The highest BCUT2D eigenvalue weighted by molar-refractivity contribution is 7.09. The molecule has 0 spiro atoms. The number of hydrogen-bond acceptors (Lipinski definition) is 5. The average Bonchev–Trinajstić information content (AvgIpc) is 2.93. The normalized spacial score (nSPS) is 11.8. The Bertz CT molecular complexity index is 627. The number of nitrogens with zero attached hydrogens (tertiary/aromatic N) is 1. The summed E-state index contributed by atoms with van der Waals surface area (Å²) < 4.78 is 10.9. The second-order valence-corrected chi connectivity index (χ2v) is 5.87. The number of benzene rings is 1. The minimum absolute atomic E-state index is 0.155. The Morgan fingerprint density at radius 3 is 2.73 bits per heavy atom. The summed E-state index contributed by atoms with van der Waals surface area (Å²) in [5.74, 6) is 1.01. The standard InChI is InChI=1S/C16H20N2O3S/c1-11(21-15-7-5-4-6-14(15)20-3)16(19)17-9-8-13-10-22-12(2)18-13/h4-7,10-11H,8-9H2,1-3H3,(H,17,19)/t11-/m1/s1. The largest absolute Gasteiger partial charge is 0.493 e. The molecule has 2 aromatic rings. The van der Waals surface area contributed by atoms with Crippen molar-refractivity contribution in [2.75, 3.05) is 13.7 Å². The van der Waals surface area contributed by atoms with Crippen molar-refractivity contribution < 1.29 is 14.3 Å². The summed E-state index contributed by atoms with van der Waals surface area (Å²) >= 11 is 1.61. The molecule has 0 unspecified atom stereocenters. The summed E-state index contributed by atoms with van der Waals surface area (Å²) in [6.07, 6.45) is 0.130. The molecule has 1 aromatic heterocycles. The van der Waals surface area contributed by atoms with E-state index in [-0.39, 0.29) is 5.91 Å². The van der Waals surface area contributed by atoms with Gasteiger partial charge in [-0.15, -0.1) is 11.3 Å². The van der Waals surface area contributed by atoms with E-state index in [1.807, 2.05) is 24.4 Å². The zero-order valence-electron chi connectivity index (χ0n) is 13.0. The molecule has 1 aromatic carbocycles. The van der Waals surface area contributed by atoms with Gasteiger partial charge < -0.3 is 14.8 Å². The second-order valence-electron chi connectivity index (χ2n) is 4.81. The van der Waals surface area contributed by atoms with Crippen LogP contribution in [0.5, 0.6) is 11.5 Å². The van der Waals surface area contributed by atoms with Crippen LogP contribution in [0.15, 0.2) is 29.6 Å². The molecule has 22 heavy (non-hydrogen) atoms. The van der Waals surface area contributed by atoms with Crippen molar-refractivity contribution in [2.45, 2.75) is 26.4 Å². The molecule has 0 aliphatic heterocycles. The monoisotopic (exact) mass is 320 g/mol. The average molecular weight is 320 g/mol. The number of thiazole rings is 1. The van der Waals surface area contributed by atoms with Crippen LogP contribution in [0.4, 0.5) is 0 Å². The lowest BCUT2D eigenvalue weighted by atomic mass is 10.3. The Kier molecular flexibility index (Phi) is 5.77. The number of rotatable bonds is 7. The van der Waals surface area contributed by atoms with Crippen molar-refractivity contribution in [1.82, 2.24) is 10.3 Å². The summed E-state index contributed by atoms with van der Waals surface area (Å²) in [4.78, 5) is 16.4. The van der Waals surface area contributed by atoms with E-state index in [0.717, 1.165) is 17.1 Å². The van der Waals surface area contributed by atoms with E-state index < -0.39 is 6.10 Å². The molecule has 1 amide bonds. The van der Waals surface area contributed by atoms with Gasteiger partial charge in [-0.1, -0.05) is 12.1 Å². The zero-order chi connectivity index (χ0) is 15.9. The highest BCUT2D eigenvalue weighted by Gasteiger charge is 2.16. The number of ether oxygens (including phenoxy) is 2. The first kappa shape index (κ1) is 16.3. The van der Waals surface area contributed by atoms with Crippen LogP contribution in [0.25, 0.3) is 0 Å². The zero-order valence-corrected chi connectivity index (χ0v) is 13.8. The first-order valence-corrected chi connectivity index (χ1v) is 7.96. The van der Waals surface area contributed by atoms with Gasteiger partial charge in [-0.25, -0.2) is 4.98 Å². The number of para-hydroxylation sites is 2. The Morgan fingerprint density at radius 2 is 2.09 bits per heavy atom. The van der Waals surface area contributed by atoms with Crippen molar-refractivity contribution in [3.63, 3.8) is 0 Å². The molecule has 2 rings (SSSR count). The van der Waals surface area contributed by atoms with Crippen LogP contribution in [0.1, 0.15) is 17.6 Å². The predicted octanol–water partition coefficient (Wildman–Crippen LogP) is 2.59. The highest BCUT2D eigenvalue weighted by atomic mass is 32.1.